The monoisotopic (exact) mass is 391 g/mol. The van der Waals surface area contributed by atoms with Crippen molar-refractivity contribution in [2.75, 3.05) is 44.8 Å². The summed E-state index contributed by atoms with van der Waals surface area (Å²) in [7, 11) is 0. The Bertz CT molecular complexity index is 633. The van der Waals surface area contributed by atoms with E-state index >= 15 is 0 Å². The summed E-state index contributed by atoms with van der Waals surface area (Å²) in [5, 5.41) is 3.30. The standard InChI is InChI=1S/C18H22BrN3O2/c19-16-13-15(14-21-18-3-1-2-6-20-18)4-5-17(16)24-12-9-22-7-10-23-11-8-22/h1-6,13H,7-12,14H2,(H,20,21). The van der Waals surface area contributed by atoms with Crippen molar-refractivity contribution in [2.45, 2.75) is 6.54 Å². The third kappa shape index (κ3) is 5.19. The summed E-state index contributed by atoms with van der Waals surface area (Å²) in [5.74, 6) is 1.75. The van der Waals surface area contributed by atoms with Crippen molar-refractivity contribution >= 4 is 21.7 Å². The number of ether oxygens (including phenoxy) is 2. The summed E-state index contributed by atoms with van der Waals surface area (Å²) in [6, 6.07) is 12.0. The molecule has 2 heterocycles. The number of nitrogens with one attached hydrogen (secondary N) is 1. The summed E-state index contributed by atoms with van der Waals surface area (Å²) in [6.07, 6.45) is 1.78. The zero-order valence-corrected chi connectivity index (χ0v) is 15.2. The molecule has 1 aromatic heterocycles. The lowest BCUT2D eigenvalue weighted by atomic mass is 10.2. The summed E-state index contributed by atoms with van der Waals surface area (Å²) < 4.78 is 12.2. The van der Waals surface area contributed by atoms with Crippen LogP contribution in [0.2, 0.25) is 0 Å². The van der Waals surface area contributed by atoms with Gasteiger partial charge in [-0.05, 0) is 45.8 Å². The largest absolute Gasteiger partial charge is 0.491 e. The van der Waals surface area contributed by atoms with Gasteiger partial charge in [0.25, 0.3) is 0 Å². The molecule has 1 N–H and O–H groups in total. The minimum Gasteiger partial charge on any atom is -0.491 e. The molecular weight excluding hydrogens is 370 g/mol. The fourth-order valence-corrected chi connectivity index (χ4v) is 3.08. The maximum Gasteiger partial charge on any atom is 0.133 e. The van der Waals surface area contributed by atoms with Crippen LogP contribution in [0.4, 0.5) is 5.82 Å². The average molecular weight is 392 g/mol. The second-order valence-electron chi connectivity index (χ2n) is 5.64. The molecule has 0 unspecified atom stereocenters. The Kier molecular flexibility index (Phi) is 6.46. The maximum absolute atomic E-state index is 5.90. The summed E-state index contributed by atoms with van der Waals surface area (Å²) in [5.41, 5.74) is 1.17. The third-order valence-corrected chi connectivity index (χ3v) is 4.52. The molecule has 0 aliphatic carbocycles. The van der Waals surface area contributed by atoms with E-state index in [2.05, 4.69) is 43.3 Å². The number of aromatic nitrogens is 1. The van der Waals surface area contributed by atoms with Gasteiger partial charge in [0.1, 0.15) is 18.2 Å². The predicted molar refractivity (Wildman–Crippen MR) is 98.5 cm³/mol. The fraction of sp³-hybridized carbons (Fsp3) is 0.389. The van der Waals surface area contributed by atoms with Gasteiger partial charge in [0.2, 0.25) is 0 Å². The van der Waals surface area contributed by atoms with Crippen molar-refractivity contribution in [1.82, 2.24) is 9.88 Å². The number of hydrogen-bond acceptors (Lipinski definition) is 5. The number of rotatable bonds is 7. The second kappa shape index (κ2) is 9.01. The first-order chi connectivity index (χ1) is 11.8. The number of morpholine rings is 1. The molecule has 0 spiro atoms. The van der Waals surface area contributed by atoms with Gasteiger partial charge in [-0.2, -0.15) is 0 Å². The Hall–Kier alpha value is -1.63. The van der Waals surface area contributed by atoms with Crippen LogP contribution in [-0.2, 0) is 11.3 Å². The molecule has 128 valence electrons. The predicted octanol–water partition coefficient (Wildman–Crippen LogP) is 3.17. The van der Waals surface area contributed by atoms with Gasteiger partial charge >= 0.3 is 0 Å². The normalized spacial score (nSPS) is 15.2. The molecular formula is C18H22BrN3O2. The fourth-order valence-electron chi connectivity index (χ4n) is 2.54. The first kappa shape index (κ1) is 17.2. The molecule has 3 rings (SSSR count). The van der Waals surface area contributed by atoms with Gasteiger partial charge in [0, 0.05) is 32.4 Å². The molecule has 0 saturated carbocycles. The molecule has 1 aliphatic heterocycles. The highest BCUT2D eigenvalue weighted by Crippen LogP contribution is 2.26. The molecule has 1 saturated heterocycles. The van der Waals surface area contributed by atoms with E-state index in [1.54, 1.807) is 6.20 Å². The molecule has 0 atom stereocenters. The molecule has 5 nitrogen and oxygen atoms in total. The van der Waals surface area contributed by atoms with E-state index in [0.29, 0.717) is 6.61 Å². The molecule has 0 radical (unpaired) electrons. The average Bonchev–Trinajstić information content (AvgIpc) is 2.63. The number of pyridine rings is 1. The van der Waals surface area contributed by atoms with Crippen LogP contribution in [0.25, 0.3) is 0 Å². The van der Waals surface area contributed by atoms with Crippen molar-refractivity contribution in [3.8, 4) is 5.75 Å². The molecule has 0 amide bonds. The van der Waals surface area contributed by atoms with Crippen LogP contribution in [0, 0.1) is 0 Å². The lowest BCUT2D eigenvalue weighted by Crippen LogP contribution is -2.38. The van der Waals surface area contributed by atoms with Gasteiger partial charge < -0.3 is 14.8 Å². The summed E-state index contributed by atoms with van der Waals surface area (Å²) in [6.45, 7) is 5.96. The van der Waals surface area contributed by atoms with E-state index in [0.717, 1.165) is 55.4 Å². The lowest BCUT2D eigenvalue weighted by Gasteiger charge is -2.26. The Balaban J connectivity index is 1.47. The number of nitrogens with zero attached hydrogens (tertiary/aromatic N) is 2. The molecule has 1 fully saturated rings. The Morgan fingerprint density at radius 1 is 1.21 bits per heavy atom. The van der Waals surface area contributed by atoms with Crippen molar-refractivity contribution in [3.63, 3.8) is 0 Å². The van der Waals surface area contributed by atoms with E-state index in [9.17, 15) is 0 Å². The number of benzene rings is 1. The van der Waals surface area contributed by atoms with Crippen molar-refractivity contribution < 1.29 is 9.47 Å². The van der Waals surface area contributed by atoms with Crippen LogP contribution in [0.3, 0.4) is 0 Å². The molecule has 0 bridgehead atoms. The summed E-state index contributed by atoms with van der Waals surface area (Å²) in [4.78, 5) is 6.62. The quantitative estimate of drug-likeness (QED) is 0.785. The molecule has 6 heteroatoms. The van der Waals surface area contributed by atoms with Gasteiger partial charge in [-0.25, -0.2) is 4.98 Å². The van der Waals surface area contributed by atoms with Gasteiger partial charge in [0.05, 0.1) is 17.7 Å². The van der Waals surface area contributed by atoms with Crippen LogP contribution in [0.1, 0.15) is 5.56 Å². The number of anilines is 1. The van der Waals surface area contributed by atoms with Crippen LogP contribution >= 0.6 is 15.9 Å². The zero-order chi connectivity index (χ0) is 16.6. The van der Waals surface area contributed by atoms with Gasteiger partial charge in [0.15, 0.2) is 0 Å². The van der Waals surface area contributed by atoms with Gasteiger partial charge in [-0.1, -0.05) is 12.1 Å². The van der Waals surface area contributed by atoms with E-state index in [-0.39, 0.29) is 0 Å². The van der Waals surface area contributed by atoms with Gasteiger partial charge in [-0.3, -0.25) is 4.90 Å². The number of hydrogen-bond donors (Lipinski definition) is 1. The van der Waals surface area contributed by atoms with Crippen LogP contribution in [0.15, 0.2) is 47.1 Å². The second-order valence-corrected chi connectivity index (χ2v) is 6.49. The van der Waals surface area contributed by atoms with Crippen LogP contribution in [0.5, 0.6) is 5.75 Å². The van der Waals surface area contributed by atoms with E-state index < -0.39 is 0 Å². The highest BCUT2D eigenvalue weighted by Gasteiger charge is 2.10. The molecule has 2 aromatic rings. The Morgan fingerprint density at radius 3 is 2.83 bits per heavy atom. The van der Waals surface area contributed by atoms with Crippen molar-refractivity contribution in [2.24, 2.45) is 0 Å². The first-order valence-electron chi connectivity index (χ1n) is 8.17. The SMILES string of the molecule is Brc1cc(CNc2ccccn2)ccc1OCCN1CCOCC1. The summed E-state index contributed by atoms with van der Waals surface area (Å²) >= 11 is 3.60. The van der Waals surface area contributed by atoms with Gasteiger partial charge in [-0.15, -0.1) is 0 Å². The molecule has 1 aromatic carbocycles. The van der Waals surface area contributed by atoms with E-state index in [4.69, 9.17) is 9.47 Å². The van der Waals surface area contributed by atoms with Crippen LogP contribution < -0.4 is 10.1 Å². The smallest absolute Gasteiger partial charge is 0.133 e. The highest BCUT2D eigenvalue weighted by atomic mass is 79.9. The first-order valence-corrected chi connectivity index (χ1v) is 8.97. The number of halogens is 1. The zero-order valence-electron chi connectivity index (χ0n) is 13.6. The minimum atomic E-state index is 0.685. The lowest BCUT2D eigenvalue weighted by molar-refractivity contribution is 0.0322. The minimum absolute atomic E-state index is 0.685. The Labute approximate surface area is 151 Å². The van der Waals surface area contributed by atoms with Crippen molar-refractivity contribution in [3.05, 3.63) is 52.6 Å². The van der Waals surface area contributed by atoms with E-state index in [1.165, 1.54) is 5.56 Å². The Morgan fingerprint density at radius 2 is 2.08 bits per heavy atom. The highest BCUT2D eigenvalue weighted by molar-refractivity contribution is 9.10. The van der Waals surface area contributed by atoms with Crippen LogP contribution in [-0.4, -0.2) is 49.3 Å². The van der Waals surface area contributed by atoms with E-state index in [1.807, 2.05) is 24.3 Å². The maximum atomic E-state index is 5.90. The molecule has 1 aliphatic rings. The topological polar surface area (TPSA) is 46.6 Å². The van der Waals surface area contributed by atoms with Crippen molar-refractivity contribution in [1.29, 1.82) is 0 Å². The molecule has 24 heavy (non-hydrogen) atoms. The third-order valence-electron chi connectivity index (χ3n) is 3.90.